The van der Waals surface area contributed by atoms with Crippen molar-refractivity contribution in [2.45, 2.75) is 4.90 Å². The van der Waals surface area contributed by atoms with E-state index in [0.717, 1.165) is 6.20 Å². The van der Waals surface area contributed by atoms with Crippen LogP contribution < -0.4 is 11.5 Å². The number of halogens is 1. The van der Waals surface area contributed by atoms with Crippen LogP contribution in [-0.4, -0.2) is 42.6 Å². The van der Waals surface area contributed by atoms with E-state index in [4.69, 9.17) is 23.1 Å². The Morgan fingerprint density at radius 2 is 1.74 bits per heavy atom. The van der Waals surface area contributed by atoms with E-state index >= 15 is 0 Å². The highest BCUT2D eigenvalue weighted by Gasteiger charge is 2.27. The topological polar surface area (TPSA) is 136 Å². The number of primary amides is 2. The van der Waals surface area contributed by atoms with Gasteiger partial charge in [-0.25, -0.2) is 13.4 Å². The largest absolute Gasteiger partial charge is 0.369 e. The summed E-state index contributed by atoms with van der Waals surface area (Å²) in [6, 6.07) is 2.46. The smallest absolute Gasteiger partial charge is 0.245 e. The summed E-state index contributed by atoms with van der Waals surface area (Å²) in [4.78, 5) is 25.1. The maximum absolute atomic E-state index is 12.1. The quantitative estimate of drug-likeness (QED) is 0.629. The molecule has 0 saturated heterocycles. The van der Waals surface area contributed by atoms with Crippen LogP contribution in [0, 0.1) is 0 Å². The lowest BCUT2D eigenvalue weighted by Crippen LogP contribution is -2.43. The standard InChI is InChI=1S/C9H11ClN4O4S/c10-7-2-1-6(3-13-7)19(17,18)14(4-8(11)15)5-9(12)16/h1-3H,4-5H2,(H2,11,15)(H2,12,16). The molecule has 1 rings (SSSR count). The summed E-state index contributed by atoms with van der Waals surface area (Å²) in [5.74, 6) is -1.82. The normalized spacial score (nSPS) is 11.5. The van der Waals surface area contributed by atoms with Crippen LogP contribution in [0.1, 0.15) is 0 Å². The van der Waals surface area contributed by atoms with Gasteiger partial charge in [-0.1, -0.05) is 11.6 Å². The Balaban J connectivity index is 3.14. The molecule has 0 unspecified atom stereocenters. The number of amides is 2. The maximum atomic E-state index is 12.1. The van der Waals surface area contributed by atoms with Crippen molar-refractivity contribution in [1.82, 2.24) is 9.29 Å². The van der Waals surface area contributed by atoms with E-state index in [1.165, 1.54) is 12.1 Å². The Morgan fingerprint density at radius 1 is 1.21 bits per heavy atom. The molecular weight excluding hydrogens is 296 g/mol. The lowest BCUT2D eigenvalue weighted by molar-refractivity contribution is -0.120. The lowest BCUT2D eigenvalue weighted by Gasteiger charge is -2.18. The second-order valence-corrected chi connectivity index (χ2v) is 5.85. The molecule has 0 aliphatic heterocycles. The number of hydrogen-bond acceptors (Lipinski definition) is 5. The molecule has 8 nitrogen and oxygen atoms in total. The second kappa shape index (κ2) is 5.95. The fourth-order valence-corrected chi connectivity index (χ4v) is 2.67. The van der Waals surface area contributed by atoms with Crippen molar-refractivity contribution < 1.29 is 18.0 Å². The summed E-state index contributed by atoms with van der Waals surface area (Å²) in [5.41, 5.74) is 9.87. The van der Waals surface area contributed by atoms with Crippen LogP contribution in [0.3, 0.4) is 0 Å². The van der Waals surface area contributed by atoms with Crippen LogP contribution in [0.4, 0.5) is 0 Å². The van der Waals surface area contributed by atoms with E-state index in [0.29, 0.717) is 4.31 Å². The molecule has 2 amide bonds. The number of hydrogen-bond donors (Lipinski definition) is 2. The molecule has 0 spiro atoms. The predicted octanol–water partition coefficient (Wildman–Crippen LogP) is -1.30. The first-order valence-electron chi connectivity index (χ1n) is 4.92. The minimum Gasteiger partial charge on any atom is -0.369 e. The second-order valence-electron chi connectivity index (χ2n) is 3.52. The van der Waals surface area contributed by atoms with Gasteiger partial charge in [0.15, 0.2) is 0 Å². The molecule has 0 saturated carbocycles. The average molecular weight is 307 g/mol. The summed E-state index contributed by atoms with van der Waals surface area (Å²) in [6.45, 7) is -1.32. The van der Waals surface area contributed by atoms with Crippen molar-refractivity contribution in [1.29, 1.82) is 0 Å². The molecule has 0 aromatic carbocycles. The first-order valence-corrected chi connectivity index (χ1v) is 6.73. The van der Waals surface area contributed by atoms with E-state index < -0.39 is 34.9 Å². The Labute approximate surface area is 114 Å². The van der Waals surface area contributed by atoms with Crippen LogP contribution in [-0.2, 0) is 19.6 Å². The number of pyridine rings is 1. The highest BCUT2D eigenvalue weighted by atomic mass is 35.5. The zero-order chi connectivity index (χ0) is 14.6. The highest BCUT2D eigenvalue weighted by Crippen LogP contribution is 2.15. The lowest BCUT2D eigenvalue weighted by atomic mass is 10.5. The summed E-state index contributed by atoms with van der Waals surface area (Å²) in [7, 11) is -4.10. The van der Waals surface area contributed by atoms with Gasteiger partial charge in [-0.3, -0.25) is 9.59 Å². The zero-order valence-corrected chi connectivity index (χ0v) is 11.2. The molecule has 4 N–H and O–H groups in total. The van der Waals surface area contributed by atoms with Crippen LogP contribution >= 0.6 is 11.6 Å². The molecule has 0 atom stereocenters. The van der Waals surface area contributed by atoms with E-state index in [2.05, 4.69) is 4.98 Å². The fourth-order valence-electron chi connectivity index (χ4n) is 1.24. The van der Waals surface area contributed by atoms with Crippen molar-refractivity contribution >= 4 is 33.4 Å². The van der Waals surface area contributed by atoms with E-state index in [1.807, 2.05) is 0 Å². The number of rotatable bonds is 6. The van der Waals surface area contributed by atoms with Crippen molar-refractivity contribution in [3.8, 4) is 0 Å². The third kappa shape index (κ3) is 4.16. The first kappa shape index (κ1) is 15.3. The first-order chi connectivity index (χ1) is 8.73. The van der Waals surface area contributed by atoms with Crippen LogP contribution in [0.25, 0.3) is 0 Å². The van der Waals surface area contributed by atoms with Gasteiger partial charge in [-0.2, -0.15) is 4.31 Å². The molecule has 0 aliphatic rings. The van der Waals surface area contributed by atoms with Crippen LogP contribution in [0.15, 0.2) is 23.2 Å². The van der Waals surface area contributed by atoms with E-state index in [9.17, 15) is 18.0 Å². The van der Waals surface area contributed by atoms with Gasteiger partial charge >= 0.3 is 0 Å². The number of aromatic nitrogens is 1. The van der Waals surface area contributed by atoms with Gasteiger partial charge in [-0.05, 0) is 12.1 Å². The molecule has 0 fully saturated rings. The molecule has 1 aromatic heterocycles. The van der Waals surface area contributed by atoms with Crippen LogP contribution in [0.5, 0.6) is 0 Å². The Kier molecular flexibility index (Phi) is 4.81. The van der Waals surface area contributed by atoms with Gasteiger partial charge in [-0.15, -0.1) is 0 Å². The van der Waals surface area contributed by atoms with Gasteiger partial charge < -0.3 is 11.5 Å². The minimum atomic E-state index is -4.10. The van der Waals surface area contributed by atoms with Crippen LogP contribution in [0.2, 0.25) is 5.15 Å². The van der Waals surface area contributed by atoms with E-state index in [-0.39, 0.29) is 10.0 Å². The van der Waals surface area contributed by atoms with E-state index in [1.54, 1.807) is 0 Å². The van der Waals surface area contributed by atoms with Gasteiger partial charge in [0, 0.05) is 6.20 Å². The Morgan fingerprint density at radius 3 is 2.11 bits per heavy atom. The van der Waals surface area contributed by atoms with Crippen molar-refractivity contribution in [2.24, 2.45) is 11.5 Å². The summed E-state index contributed by atoms with van der Waals surface area (Å²) >= 11 is 5.54. The van der Waals surface area contributed by atoms with Crippen molar-refractivity contribution in [3.05, 3.63) is 23.5 Å². The fraction of sp³-hybridized carbons (Fsp3) is 0.222. The molecule has 1 heterocycles. The summed E-state index contributed by atoms with van der Waals surface area (Å²) in [5, 5.41) is 0.107. The Hall–Kier alpha value is -1.71. The highest BCUT2D eigenvalue weighted by molar-refractivity contribution is 7.89. The molecule has 0 aliphatic carbocycles. The number of carbonyl (C=O) groups is 2. The SMILES string of the molecule is NC(=O)CN(CC(N)=O)S(=O)(=O)c1ccc(Cl)nc1. The predicted molar refractivity (Wildman–Crippen MR) is 66.4 cm³/mol. The molecule has 0 bridgehead atoms. The van der Waals surface area contributed by atoms with Gasteiger partial charge in [0.05, 0.1) is 13.1 Å². The average Bonchev–Trinajstić information content (AvgIpc) is 2.27. The summed E-state index contributed by atoms with van der Waals surface area (Å²) < 4.78 is 24.9. The molecule has 0 radical (unpaired) electrons. The molecular formula is C9H11ClN4O4S. The maximum Gasteiger partial charge on any atom is 0.245 e. The van der Waals surface area contributed by atoms with Gasteiger partial charge in [0.1, 0.15) is 10.0 Å². The zero-order valence-electron chi connectivity index (χ0n) is 9.61. The monoisotopic (exact) mass is 306 g/mol. The molecule has 104 valence electrons. The summed E-state index contributed by atoms with van der Waals surface area (Å²) in [6.07, 6.45) is 1.01. The van der Waals surface area contributed by atoms with Gasteiger partial charge in [0.2, 0.25) is 21.8 Å². The van der Waals surface area contributed by atoms with Crippen molar-refractivity contribution in [3.63, 3.8) is 0 Å². The van der Waals surface area contributed by atoms with Gasteiger partial charge in [0.25, 0.3) is 0 Å². The number of sulfonamides is 1. The third-order valence-electron chi connectivity index (χ3n) is 2.00. The number of carbonyl (C=O) groups excluding carboxylic acids is 2. The molecule has 19 heavy (non-hydrogen) atoms. The molecule has 10 heteroatoms. The number of nitrogens with zero attached hydrogens (tertiary/aromatic N) is 2. The Bertz CT molecular complexity index is 571. The third-order valence-corrected chi connectivity index (χ3v) is 4.00. The minimum absolute atomic E-state index is 0.107. The number of nitrogens with two attached hydrogens (primary N) is 2. The molecule has 1 aromatic rings. The van der Waals surface area contributed by atoms with Crippen molar-refractivity contribution in [2.75, 3.05) is 13.1 Å².